The molecule has 2 amide bonds. The van der Waals surface area contributed by atoms with Crippen molar-refractivity contribution in [3.05, 3.63) is 0 Å². The second kappa shape index (κ2) is 7.07. The van der Waals surface area contributed by atoms with Crippen LogP contribution in [0.5, 0.6) is 0 Å². The zero-order chi connectivity index (χ0) is 14.4. The lowest BCUT2D eigenvalue weighted by atomic mass is 9.93. The summed E-state index contributed by atoms with van der Waals surface area (Å²) in [5.74, 6) is 0.0987. The average Bonchev–Trinajstić information content (AvgIpc) is 2.88. The minimum absolute atomic E-state index is 0.0154. The molecule has 0 bridgehead atoms. The lowest BCUT2D eigenvalue weighted by Crippen LogP contribution is -2.65. The highest BCUT2D eigenvalue weighted by Crippen LogP contribution is 2.33. The van der Waals surface area contributed by atoms with Crippen molar-refractivity contribution in [1.82, 2.24) is 10.2 Å². The number of ether oxygens (including phenoxy) is 1. The normalized spacial score (nSPS) is 21.6. The van der Waals surface area contributed by atoms with E-state index in [0.717, 1.165) is 51.6 Å². The van der Waals surface area contributed by atoms with E-state index < -0.39 is 5.54 Å². The first-order valence-corrected chi connectivity index (χ1v) is 7.86. The monoisotopic (exact) mass is 282 g/mol. The Kier molecular flexibility index (Phi) is 5.40. The first-order valence-electron chi connectivity index (χ1n) is 7.86. The van der Waals surface area contributed by atoms with Crippen molar-refractivity contribution < 1.29 is 14.3 Å². The number of rotatable bonds is 7. The van der Waals surface area contributed by atoms with Gasteiger partial charge in [-0.25, -0.2) is 0 Å². The van der Waals surface area contributed by atoms with Crippen molar-refractivity contribution in [3.63, 3.8) is 0 Å². The van der Waals surface area contributed by atoms with Gasteiger partial charge in [0, 0.05) is 19.8 Å². The average molecular weight is 282 g/mol. The van der Waals surface area contributed by atoms with E-state index in [4.69, 9.17) is 4.74 Å². The molecule has 1 saturated heterocycles. The molecule has 0 radical (unpaired) electrons. The van der Waals surface area contributed by atoms with Gasteiger partial charge in [0.2, 0.25) is 11.8 Å². The summed E-state index contributed by atoms with van der Waals surface area (Å²) in [6, 6.07) is 0. The molecular weight excluding hydrogens is 256 g/mol. The highest BCUT2D eigenvalue weighted by atomic mass is 16.5. The third kappa shape index (κ3) is 3.51. The fourth-order valence-corrected chi connectivity index (χ4v) is 3.11. The zero-order valence-electron chi connectivity index (χ0n) is 12.5. The fraction of sp³-hybridized carbons (Fsp3) is 0.867. The van der Waals surface area contributed by atoms with Gasteiger partial charge in [-0.05, 0) is 25.7 Å². The maximum atomic E-state index is 12.5. The van der Waals surface area contributed by atoms with Gasteiger partial charge in [0.05, 0.1) is 6.54 Å². The molecule has 1 aliphatic heterocycles. The quantitative estimate of drug-likeness (QED) is 0.719. The van der Waals surface area contributed by atoms with E-state index in [9.17, 15) is 9.59 Å². The molecule has 0 aromatic rings. The van der Waals surface area contributed by atoms with Gasteiger partial charge < -0.3 is 15.0 Å². The first-order chi connectivity index (χ1) is 9.68. The molecule has 0 aromatic carbocycles. The Labute approximate surface area is 121 Å². The molecule has 1 heterocycles. The Balaban J connectivity index is 1.78. The summed E-state index contributed by atoms with van der Waals surface area (Å²) in [6.45, 7) is 4.42. The van der Waals surface area contributed by atoms with Crippen LogP contribution in [0.25, 0.3) is 0 Å². The predicted molar refractivity (Wildman–Crippen MR) is 76.3 cm³/mol. The van der Waals surface area contributed by atoms with E-state index in [2.05, 4.69) is 12.2 Å². The summed E-state index contributed by atoms with van der Waals surface area (Å²) in [6.07, 6.45) is 6.66. The Bertz CT molecular complexity index is 351. The predicted octanol–water partition coefficient (Wildman–Crippen LogP) is 1.46. The largest absolute Gasteiger partial charge is 0.381 e. The number of hydrogen-bond acceptors (Lipinski definition) is 3. The standard InChI is InChI=1S/C15H26N2O3/c1-2-3-10-20-11-6-9-17-12-13(18)16-15(14(17)19)7-4-5-8-15/h2-12H2,1H3,(H,16,18). The number of nitrogens with zero attached hydrogens (tertiary/aromatic N) is 1. The molecule has 5 heteroatoms. The van der Waals surface area contributed by atoms with Crippen molar-refractivity contribution in [2.24, 2.45) is 0 Å². The molecule has 0 atom stereocenters. The van der Waals surface area contributed by atoms with Crippen LogP contribution in [0, 0.1) is 0 Å². The Hall–Kier alpha value is -1.10. The van der Waals surface area contributed by atoms with Crippen molar-refractivity contribution in [2.45, 2.75) is 57.4 Å². The Morgan fingerprint density at radius 1 is 1.20 bits per heavy atom. The molecule has 2 rings (SSSR count). The summed E-state index contributed by atoms with van der Waals surface area (Å²) in [4.78, 5) is 26.1. The second-order valence-electron chi connectivity index (χ2n) is 5.88. The maximum absolute atomic E-state index is 12.5. The summed E-state index contributed by atoms with van der Waals surface area (Å²) < 4.78 is 5.51. The number of amides is 2. The minimum atomic E-state index is -0.585. The molecule has 0 unspecified atom stereocenters. The van der Waals surface area contributed by atoms with Gasteiger partial charge in [0.25, 0.3) is 0 Å². The van der Waals surface area contributed by atoms with E-state index in [1.807, 2.05) is 0 Å². The van der Waals surface area contributed by atoms with Gasteiger partial charge in [0.15, 0.2) is 0 Å². The van der Waals surface area contributed by atoms with E-state index in [0.29, 0.717) is 13.2 Å². The fourth-order valence-electron chi connectivity index (χ4n) is 3.11. The number of carbonyl (C=O) groups is 2. The minimum Gasteiger partial charge on any atom is -0.381 e. The van der Waals surface area contributed by atoms with Crippen LogP contribution in [0.4, 0.5) is 0 Å². The Morgan fingerprint density at radius 2 is 1.90 bits per heavy atom. The SMILES string of the molecule is CCCCOCCCN1CC(=O)NC2(CCCC2)C1=O. The maximum Gasteiger partial charge on any atom is 0.248 e. The zero-order valence-corrected chi connectivity index (χ0v) is 12.5. The number of piperazine rings is 1. The van der Waals surface area contributed by atoms with Crippen LogP contribution in [0.3, 0.4) is 0 Å². The van der Waals surface area contributed by atoms with E-state index >= 15 is 0 Å². The molecule has 20 heavy (non-hydrogen) atoms. The third-order valence-corrected chi connectivity index (χ3v) is 4.23. The molecule has 5 nitrogen and oxygen atoms in total. The third-order valence-electron chi connectivity index (χ3n) is 4.23. The van der Waals surface area contributed by atoms with Gasteiger partial charge in [-0.2, -0.15) is 0 Å². The highest BCUT2D eigenvalue weighted by molar-refractivity contribution is 5.98. The second-order valence-corrected chi connectivity index (χ2v) is 5.88. The van der Waals surface area contributed by atoms with Crippen LogP contribution < -0.4 is 5.32 Å². The van der Waals surface area contributed by atoms with Crippen molar-refractivity contribution in [2.75, 3.05) is 26.3 Å². The number of nitrogens with one attached hydrogen (secondary N) is 1. The molecule has 1 aliphatic carbocycles. The van der Waals surface area contributed by atoms with Crippen LogP contribution in [0.2, 0.25) is 0 Å². The van der Waals surface area contributed by atoms with E-state index in [-0.39, 0.29) is 18.4 Å². The van der Waals surface area contributed by atoms with Gasteiger partial charge >= 0.3 is 0 Å². The van der Waals surface area contributed by atoms with Crippen LogP contribution >= 0.6 is 0 Å². The van der Waals surface area contributed by atoms with E-state index in [1.165, 1.54) is 0 Å². The number of carbonyl (C=O) groups excluding carboxylic acids is 2. The van der Waals surface area contributed by atoms with Crippen LogP contribution in [-0.2, 0) is 14.3 Å². The van der Waals surface area contributed by atoms with Gasteiger partial charge in [-0.15, -0.1) is 0 Å². The van der Waals surface area contributed by atoms with Crippen molar-refractivity contribution in [1.29, 1.82) is 0 Å². The molecular formula is C15H26N2O3. The highest BCUT2D eigenvalue weighted by Gasteiger charge is 2.47. The first kappa shape index (κ1) is 15.3. The van der Waals surface area contributed by atoms with Crippen LogP contribution in [0.1, 0.15) is 51.9 Å². The van der Waals surface area contributed by atoms with Gasteiger partial charge in [-0.3, -0.25) is 9.59 Å². The topological polar surface area (TPSA) is 58.6 Å². The van der Waals surface area contributed by atoms with Crippen molar-refractivity contribution >= 4 is 11.8 Å². The Morgan fingerprint density at radius 3 is 2.60 bits per heavy atom. The molecule has 2 aliphatic rings. The van der Waals surface area contributed by atoms with Crippen LogP contribution in [0.15, 0.2) is 0 Å². The summed E-state index contributed by atoms with van der Waals surface area (Å²) in [5.41, 5.74) is -0.585. The number of hydrogen-bond donors (Lipinski definition) is 1. The van der Waals surface area contributed by atoms with Gasteiger partial charge in [0.1, 0.15) is 5.54 Å². The molecule has 114 valence electrons. The molecule has 2 fully saturated rings. The lowest BCUT2D eigenvalue weighted by Gasteiger charge is -2.39. The number of unbranched alkanes of at least 4 members (excludes halogenated alkanes) is 1. The summed E-state index contributed by atoms with van der Waals surface area (Å²) in [5, 5.41) is 2.93. The molecule has 1 N–H and O–H groups in total. The van der Waals surface area contributed by atoms with E-state index in [1.54, 1.807) is 4.90 Å². The lowest BCUT2D eigenvalue weighted by molar-refractivity contribution is -0.149. The molecule has 0 aromatic heterocycles. The van der Waals surface area contributed by atoms with Crippen molar-refractivity contribution in [3.8, 4) is 0 Å². The molecule has 1 spiro atoms. The van der Waals surface area contributed by atoms with Crippen LogP contribution in [-0.4, -0.2) is 48.6 Å². The van der Waals surface area contributed by atoms with Gasteiger partial charge in [-0.1, -0.05) is 26.2 Å². The summed E-state index contributed by atoms with van der Waals surface area (Å²) in [7, 11) is 0. The molecule has 1 saturated carbocycles. The summed E-state index contributed by atoms with van der Waals surface area (Å²) >= 11 is 0. The smallest absolute Gasteiger partial charge is 0.248 e.